The minimum Gasteiger partial charge on any atom is -0.311 e. The van der Waals surface area contributed by atoms with Gasteiger partial charge in [0.25, 0.3) is 0 Å². The van der Waals surface area contributed by atoms with Gasteiger partial charge in [-0.25, -0.2) is 9.97 Å². The highest BCUT2D eigenvalue weighted by molar-refractivity contribution is 9.10. The van der Waals surface area contributed by atoms with Crippen molar-refractivity contribution in [2.45, 2.75) is 32.7 Å². The van der Waals surface area contributed by atoms with Crippen LogP contribution in [0, 0.1) is 0 Å². The van der Waals surface area contributed by atoms with Crippen molar-refractivity contribution in [1.29, 1.82) is 0 Å². The van der Waals surface area contributed by atoms with Crippen LogP contribution in [-0.4, -0.2) is 16.5 Å². The number of nitrogens with one attached hydrogen (secondary N) is 1. The third kappa shape index (κ3) is 2.73. The average molecular weight is 338 g/mol. The van der Waals surface area contributed by atoms with Crippen molar-refractivity contribution in [3.8, 4) is 10.7 Å². The fourth-order valence-electron chi connectivity index (χ4n) is 2.42. The summed E-state index contributed by atoms with van der Waals surface area (Å²) in [7, 11) is 0. The lowest BCUT2D eigenvalue weighted by atomic mass is 10.0. The smallest absolute Gasteiger partial charge is 0.170 e. The number of aromatic nitrogens is 2. The fraction of sp³-hybridized carbons (Fsp3) is 0.429. The molecule has 5 heteroatoms. The largest absolute Gasteiger partial charge is 0.311 e. The molecule has 0 bridgehead atoms. The molecule has 100 valence electrons. The lowest BCUT2D eigenvalue weighted by Gasteiger charge is -2.19. The molecule has 3 heterocycles. The van der Waals surface area contributed by atoms with Crippen LogP contribution in [0.25, 0.3) is 10.7 Å². The maximum absolute atomic E-state index is 4.81. The van der Waals surface area contributed by atoms with Crippen LogP contribution in [0.5, 0.6) is 0 Å². The lowest BCUT2D eigenvalue weighted by molar-refractivity contribution is 0.614. The first-order chi connectivity index (χ1) is 9.28. The zero-order valence-electron chi connectivity index (χ0n) is 10.9. The normalized spacial score (nSPS) is 14.4. The Morgan fingerprint density at radius 3 is 3.05 bits per heavy atom. The summed E-state index contributed by atoms with van der Waals surface area (Å²) in [5.74, 6) is 0.876. The van der Waals surface area contributed by atoms with E-state index in [9.17, 15) is 0 Å². The highest BCUT2D eigenvalue weighted by atomic mass is 79.9. The molecular weight excluding hydrogens is 322 g/mol. The summed E-state index contributed by atoms with van der Waals surface area (Å²) in [4.78, 5) is 10.7. The van der Waals surface area contributed by atoms with E-state index in [1.54, 1.807) is 11.3 Å². The number of rotatable bonds is 3. The quantitative estimate of drug-likeness (QED) is 0.930. The molecule has 2 aromatic heterocycles. The second-order valence-electron chi connectivity index (χ2n) is 4.73. The Bertz CT molecular complexity index is 594. The molecule has 2 aromatic rings. The molecule has 3 nitrogen and oxygen atoms in total. The van der Waals surface area contributed by atoms with E-state index in [1.165, 1.54) is 17.0 Å². The molecule has 19 heavy (non-hydrogen) atoms. The number of aryl methyl sites for hydroxylation is 1. The average Bonchev–Trinajstić information content (AvgIpc) is 2.86. The summed E-state index contributed by atoms with van der Waals surface area (Å²) in [6, 6.07) is 2.10. The molecule has 1 aliphatic rings. The van der Waals surface area contributed by atoms with Crippen LogP contribution in [0.15, 0.2) is 15.9 Å². The van der Waals surface area contributed by atoms with Gasteiger partial charge in [-0.2, -0.15) is 0 Å². The predicted molar refractivity (Wildman–Crippen MR) is 82.5 cm³/mol. The van der Waals surface area contributed by atoms with Gasteiger partial charge in [0, 0.05) is 22.1 Å². The number of fused-ring (bicyclic) bond motifs is 1. The molecule has 0 saturated carbocycles. The van der Waals surface area contributed by atoms with Gasteiger partial charge >= 0.3 is 0 Å². The highest BCUT2D eigenvalue weighted by Gasteiger charge is 2.18. The second-order valence-corrected chi connectivity index (χ2v) is 6.55. The summed E-state index contributed by atoms with van der Waals surface area (Å²) in [5, 5.41) is 5.48. The number of thiophene rings is 1. The van der Waals surface area contributed by atoms with Crippen LogP contribution in [0.1, 0.15) is 30.3 Å². The van der Waals surface area contributed by atoms with Crippen molar-refractivity contribution in [2.24, 2.45) is 0 Å². The van der Waals surface area contributed by atoms with Crippen molar-refractivity contribution in [2.75, 3.05) is 6.54 Å². The maximum Gasteiger partial charge on any atom is 0.170 e. The van der Waals surface area contributed by atoms with Crippen molar-refractivity contribution < 1.29 is 0 Å². The number of hydrogen-bond donors (Lipinski definition) is 1. The molecule has 0 aromatic carbocycles. The van der Waals surface area contributed by atoms with Crippen LogP contribution in [-0.2, 0) is 19.4 Å². The molecule has 3 rings (SSSR count). The van der Waals surface area contributed by atoms with Gasteiger partial charge in [0.05, 0.1) is 10.6 Å². The van der Waals surface area contributed by atoms with E-state index >= 15 is 0 Å². The highest BCUT2D eigenvalue weighted by Crippen LogP contribution is 2.29. The summed E-state index contributed by atoms with van der Waals surface area (Å²) in [6.07, 6.45) is 3.23. The Morgan fingerprint density at radius 1 is 1.42 bits per heavy atom. The fourth-order valence-corrected chi connectivity index (χ4v) is 3.78. The first-order valence-corrected chi connectivity index (χ1v) is 8.29. The van der Waals surface area contributed by atoms with Crippen LogP contribution in [0.2, 0.25) is 0 Å². The van der Waals surface area contributed by atoms with Gasteiger partial charge in [0.1, 0.15) is 0 Å². The summed E-state index contributed by atoms with van der Waals surface area (Å²) in [6.45, 7) is 4.11. The maximum atomic E-state index is 4.81. The van der Waals surface area contributed by atoms with Crippen molar-refractivity contribution >= 4 is 27.3 Å². The van der Waals surface area contributed by atoms with Gasteiger partial charge in [-0.05, 0) is 46.9 Å². The summed E-state index contributed by atoms with van der Waals surface area (Å²) in [5.41, 5.74) is 3.80. The van der Waals surface area contributed by atoms with Crippen LogP contribution in [0.4, 0.5) is 0 Å². The molecule has 0 fully saturated rings. The van der Waals surface area contributed by atoms with Gasteiger partial charge in [-0.1, -0.05) is 13.3 Å². The minimum atomic E-state index is 0.869. The molecule has 0 amide bonds. The number of nitrogens with zero attached hydrogens (tertiary/aromatic N) is 2. The second kappa shape index (κ2) is 5.69. The molecule has 0 saturated heterocycles. The van der Waals surface area contributed by atoms with E-state index in [0.717, 1.165) is 47.5 Å². The Morgan fingerprint density at radius 2 is 2.32 bits per heavy atom. The molecule has 0 atom stereocenters. The Balaban J connectivity index is 2.08. The predicted octanol–water partition coefficient (Wildman–Crippen LogP) is 3.57. The van der Waals surface area contributed by atoms with E-state index in [0.29, 0.717) is 0 Å². The number of hydrogen-bond acceptors (Lipinski definition) is 4. The molecule has 0 spiro atoms. The zero-order chi connectivity index (χ0) is 13.2. The molecule has 0 radical (unpaired) electrons. The molecule has 1 N–H and O–H groups in total. The summed E-state index contributed by atoms with van der Waals surface area (Å²) >= 11 is 5.18. The Labute approximate surface area is 125 Å². The van der Waals surface area contributed by atoms with Crippen LogP contribution >= 0.6 is 27.3 Å². The molecule has 0 unspecified atom stereocenters. The standard InChI is InChI=1S/C14H16BrN3S/c1-2-3-11-10-4-5-16-7-12(10)18-14(17-11)13-6-9(15)8-19-13/h6,8,16H,2-5,7H2,1H3. The lowest BCUT2D eigenvalue weighted by Crippen LogP contribution is -2.26. The first-order valence-electron chi connectivity index (χ1n) is 6.61. The van der Waals surface area contributed by atoms with Gasteiger partial charge in [-0.3, -0.25) is 0 Å². The monoisotopic (exact) mass is 337 g/mol. The van der Waals surface area contributed by atoms with E-state index in [-0.39, 0.29) is 0 Å². The first kappa shape index (κ1) is 13.2. The van der Waals surface area contributed by atoms with Crippen molar-refractivity contribution in [3.63, 3.8) is 0 Å². The zero-order valence-corrected chi connectivity index (χ0v) is 13.3. The Hall–Kier alpha value is -0.780. The Kier molecular flexibility index (Phi) is 3.96. The third-order valence-electron chi connectivity index (χ3n) is 3.30. The number of halogens is 1. The van der Waals surface area contributed by atoms with E-state index < -0.39 is 0 Å². The molecule has 1 aliphatic heterocycles. The van der Waals surface area contributed by atoms with E-state index in [4.69, 9.17) is 9.97 Å². The van der Waals surface area contributed by atoms with Crippen LogP contribution in [0.3, 0.4) is 0 Å². The van der Waals surface area contributed by atoms with Gasteiger partial charge in [0.15, 0.2) is 5.82 Å². The van der Waals surface area contributed by atoms with Gasteiger partial charge in [-0.15, -0.1) is 11.3 Å². The minimum absolute atomic E-state index is 0.869. The van der Waals surface area contributed by atoms with Gasteiger partial charge in [0.2, 0.25) is 0 Å². The summed E-state index contributed by atoms with van der Waals surface area (Å²) < 4.78 is 1.10. The van der Waals surface area contributed by atoms with E-state index in [1.807, 2.05) is 0 Å². The molecule has 0 aliphatic carbocycles. The topological polar surface area (TPSA) is 37.8 Å². The van der Waals surface area contributed by atoms with Crippen molar-refractivity contribution in [3.05, 3.63) is 32.9 Å². The van der Waals surface area contributed by atoms with E-state index in [2.05, 4.69) is 39.6 Å². The third-order valence-corrected chi connectivity index (χ3v) is 4.98. The van der Waals surface area contributed by atoms with Crippen molar-refractivity contribution in [1.82, 2.24) is 15.3 Å². The van der Waals surface area contributed by atoms with Gasteiger partial charge < -0.3 is 5.32 Å². The van der Waals surface area contributed by atoms with Crippen LogP contribution < -0.4 is 5.32 Å². The molecular formula is C14H16BrN3S. The SMILES string of the molecule is CCCc1nc(-c2cc(Br)cs2)nc2c1CCNC2.